The van der Waals surface area contributed by atoms with Crippen LogP contribution in [-0.2, 0) is 27.5 Å². The van der Waals surface area contributed by atoms with E-state index in [1.165, 1.54) is 0 Å². The summed E-state index contributed by atoms with van der Waals surface area (Å²) in [4.78, 5) is 0. The molecule has 0 aromatic rings. The zero-order valence-corrected chi connectivity index (χ0v) is 5.82. The summed E-state index contributed by atoms with van der Waals surface area (Å²) >= 11 is 0. The zero-order chi connectivity index (χ0) is 4.50. The van der Waals surface area contributed by atoms with Crippen LogP contribution in [0.5, 0.6) is 0 Å². The van der Waals surface area contributed by atoms with Crippen molar-refractivity contribution in [1.82, 2.24) is 0 Å². The van der Waals surface area contributed by atoms with E-state index < -0.39 is 10.4 Å². The van der Waals surface area contributed by atoms with Gasteiger partial charge in [0.15, 0.2) is 0 Å². The summed E-state index contributed by atoms with van der Waals surface area (Å²) in [6.45, 7) is 0. The topological polar surface area (TPSA) is 175 Å². The largest absolute Gasteiger partial charge is 2.00 e. The molecule has 0 rings (SSSR count). The monoisotopic (exact) mass is 206 g/mol. The minimum Gasteiger partial charge on any atom is -0.759 e. The van der Waals surface area contributed by atoms with Crippen molar-refractivity contribution in [3.05, 3.63) is 0 Å². The maximum atomic E-state index is 8.52. The van der Waals surface area contributed by atoms with Crippen molar-refractivity contribution >= 4 is 10.4 Å². The SMILES string of the molecule is O.O.O.O=S(=O)([O-])[O-].[Fe+2]. The predicted molar refractivity (Wildman–Crippen MR) is 21.3 cm³/mol. The molecule has 0 fully saturated rings. The molecule has 9 heavy (non-hydrogen) atoms. The van der Waals surface area contributed by atoms with Gasteiger partial charge in [-0.2, -0.15) is 0 Å². The maximum Gasteiger partial charge on any atom is 2.00 e. The molecule has 0 spiro atoms. The molecule has 0 amide bonds. The molecule has 0 unspecified atom stereocenters. The predicted octanol–water partition coefficient (Wildman–Crippen LogP) is -3.81. The molecule has 0 aromatic heterocycles. The molecule has 0 saturated heterocycles. The fourth-order valence-electron chi connectivity index (χ4n) is 0. The van der Waals surface area contributed by atoms with Crippen LogP contribution >= 0.6 is 0 Å². The quantitative estimate of drug-likeness (QED) is 0.224. The van der Waals surface area contributed by atoms with Gasteiger partial charge in [-0.05, 0) is 0 Å². The van der Waals surface area contributed by atoms with Crippen LogP contribution in [0.4, 0.5) is 0 Å². The van der Waals surface area contributed by atoms with Gasteiger partial charge in [0.05, 0.1) is 0 Å². The molecule has 0 radical (unpaired) electrons. The normalized spacial score (nSPS) is 6.44. The summed E-state index contributed by atoms with van der Waals surface area (Å²) in [5.74, 6) is 0. The van der Waals surface area contributed by atoms with E-state index in [1.807, 2.05) is 0 Å². The van der Waals surface area contributed by atoms with Crippen molar-refractivity contribution in [1.29, 1.82) is 0 Å². The number of hydrogen-bond acceptors (Lipinski definition) is 4. The van der Waals surface area contributed by atoms with Crippen LogP contribution in [0.1, 0.15) is 0 Å². The Balaban J connectivity index is -0.0000000133. The van der Waals surface area contributed by atoms with E-state index in [2.05, 4.69) is 0 Å². The second kappa shape index (κ2) is 11.1. The van der Waals surface area contributed by atoms with Gasteiger partial charge >= 0.3 is 17.1 Å². The number of hydrogen-bond donors (Lipinski definition) is 0. The Kier molecular flexibility index (Phi) is 43.0. The second-order valence-corrected chi connectivity index (χ2v) is 1.22. The summed E-state index contributed by atoms with van der Waals surface area (Å²) in [6.07, 6.45) is 0. The van der Waals surface area contributed by atoms with E-state index in [9.17, 15) is 0 Å². The molecule has 0 heterocycles. The van der Waals surface area contributed by atoms with Crippen LogP contribution in [0.15, 0.2) is 0 Å². The van der Waals surface area contributed by atoms with E-state index in [-0.39, 0.29) is 33.5 Å². The molecule has 0 aliphatic rings. The molecule has 0 atom stereocenters. The Morgan fingerprint density at radius 1 is 0.889 bits per heavy atom. The molecule has 0 aliphatic heterocycles. The van der Waals surface area contributed by atoms with Gasteiger partial charge in [0.2, 0.25) is 0 Å². The average Bonchev–Trinajstić information content (AvgIpc) is 0.722. The molecular weight excluding hydrogens is 200 g/mol. The molecule has 9 heteroatoms. The first-order valence-electron chi connectivity index (χ1n) is 0.667. The molecule has 62 valence electrons. The minimum absolute atomic E-state index is 0. The van der Waals surface area contributed by atoms with Crippen LogP contribution in [0.3, 0.4) is 0 Å². The minimum atomic E-state index is -5.17. The van der Waals surface area contributed by atoms with E-state index in [0.29, 0.717) is 0 Å². The van der Waals surface area contributed by atoms with Crippen LogP contribution in [0.2, 0.25) is 0 Å². The van der Waals surface area contributed by atoms with Crippen molar-refractivity contribution in [3.8, 4) is 0 Å². The fraction of sp³-hybridized carbons (Fsp3) is 0. The first-order chi connectivity index (χ1) is 2.00. The smallest absolute Gasteiger partial charge is 0.759 e. The first-order valence-corrected chi connectivity index (χ1v) is 2.00. The summed E-state index contributed by atoms with van der Waals surface area (Å²) in [6, 6.07) is 0. The van der Waals surface area contributed by atoms with E-state index >= 15 is 0 Å². The Bertz CT molecular complexity index is 92.1. The van der Waals surface area contributed by atoms with Gasteiger partial charge in [0, 0.05) is 10.4 Å². The third-order valence-electron chi connectivity index (χ3n) is 0. The van der Waals surface area contributed by atoms with E-state index in [0.717, 1.165) is 0 Å². The molecule has 6 N–H and O–H groups in total. The molecular formula is H6FeO7S. The Morgan fingerprint density at radius 2 is 0.889 bits per heavy atom. The van der Waals surface area contributed by atoms with Gasteiger partial charge < -0.3 is 25.5 Å². The molecule has 7 nitrogen and oxygen atoms in total. The van der Waals surface area contributed by atoms with E-state index in [1.54, 1.807) is 0 Å². The van der Waals surface area contributed by atoms with Gasteiger partial charge in [-0.25, -0.2) is 0 Å². The summed E-state index contributed by atoms with van der Waals surface area (Å²) in [5.41, 5.74) is 0. The maximum absolute atomic E-state index is 8.52. The van der Waals surface area contributed by atoms with Crippen LogP contribution in [0.25, 0.3) is 0 Å². The standard InChI is InChI=1S/Fe.H2O4S.3H2O/c;1-5(2,3)4;;;/h;(H2,1,2,3,4);3*1H2/q+2;;;;/p-2. The fourth-order valence-corrected chi connectivity index (χ4v) is 0. The van der Waals surface area contributed by atoms with Gasteiger partial charge in [-0.3, -0.25) is 8.42 Å². The zero-order valence-electron chi connectivity index (χ0n) is 3.89. The van der Waals surface area contributed by atoms with Crippen molar-refractivity contribution in [2.45, 2.75) is 0 Å². The number of rotatable bonds is 0. The van der Waals surface area contributed by atoms with Gasteiger partial charge in [0.1, 0.15) is 0 Å². The van der Waals surface area contributed by atoms with Gasteiger partial charge in [-0.1, -0.05) is 0 Å². The molecule has 0 bridgehead atoms. The third-order valence-corrected chi connectivity index (χ3v) is 0. The van der Waals surface area contributed by atoms with Gasteiger partial charge in [-0.15, -0.1) is 0 Å². The summed E-state index contributed by atoms with van der Waals surface area (Å²) in [5, 5.41) is 0. The van der Waals surface area contributed by atoms with Crippen LogP contribution < -0.4 is 0 Å². The first kappa shape index (κ1) is 34.8. The summed E-state index contributed by atoms with van der Waals surface area (Å²) < 4.78 is 34.1. The molecule has 0 aliphatic carbocycles. The van der Waals surface area contributed by atoms with Crippen molar-refractivity contribution in [2.24, 2.45) is 0 Å². The molecule has 0 aromatic carbocycles. The third kappa shape index (κ3) is 4480. The van der Waals surface area contributed by atoms with Crippen molar-refractivity contribution < 1.29 is 51.0 Å². The van der Waals surface area contributed by atoms with E-state index in [4.69, 9.17) is 17.5 Å². The summed E-state index contributed by atoms with van der Waals surface area (Å²) in [7, 11) is -5.17. The second-order valence-electron chi connectivity index (χ2n) is 0.408. The average molecular weight is 206 g/mol. The Morgan fingerprint density at radius 3 is 0.889 bits per heavy atom. The van der Waals surface area contributed by atoms with Crippen LogP contribution in [-0.4, -0.2) is 34.0 Å². The van der Waals surface area contributed by atoms with Crippen LogP contribution in [0, 0.1) is 0 Å². The Hall–Kier alpha value is 0.269. The van der Waals surface area contributed by atoms with Crippen molar-refractivity contribution in [3.63, 3.8) is 0 Å². The Labute approximate surface area is 62.0 Å². The van der Waals surface area contributed by atoms with Crippen molar-refractivity contribution in [2.75, 3.05) is 0 Å². The van der Waals surface area contributed by atoms with Gasteiger partial charge in [0.25, 0.3) is 0 Å². The molecule has 0 saturated carbocycles.